The van der Waals surface area contributed by atoms with E-state index in [1.807, 2.05) is 11.9 Å². The van der Waals surface area contributed by atoms with Gasteiger partial charge in [-0.05, 0) is 7.05 Å². The van der Waals surface area contributed by atoms with Gasteiger partial charge in [-0.25, -0.2) is 0 Å². The molecule has 0 radical (unpaired) electrons. The fourth-order valence-corrected chi connectivity index (χ4v) is 1.81. The molecule has 0 aromatic heterocycles. The van der Waals surface area contributed by atoms with E-state index in [4.69, 9.17) is 4.74 Å². The van der Waals surface area contributed by atoms with Gasteiger partial charge >= 0.3 is 0 Å². The van der Waals surface area contributed by atoms with Crippen LogP contribution in [0.5, 0.6) is 0 Å². The number of likely N-dealkylation sites (N-methyl/N-ethyl adjacent to an activating group) is 1. The molecule has 7 nitrogen and oxygen atoms in total. The SMILES string of the molecule is COCCNC(=O)CNCC(=O)N1CCN(C)CC1. The highest BCUT2D eigenvalue weighted by molar-refractivity contribution is 5.81. The molecule has 1 heterocycles. The van der Waals surface area contributed by atoms with Gasteiger partial charge in [0.1, 0.15) is 0 Å². The summed E-state index contributed by atoms with van der Waals surface area (Å²) in [6, 6.07) is 0. The lowest BCUT2D eigenvalue weighted by Gasteiger charge is -2.32. The van der Waals surface area contributed by atoms with E-state index in [9.17, 15) is 9.59 Å². The zero-order valence-corrected chi connectivity index (χ0v) is 11.8. The Morgan fingerprint density at radius 3 is 2.47 bits per heavy atom. The first-order chi connectivity index (χ1) is 9.13. The topological polar surface area (TPSA) is 73.9 Å². The van der Waals surface area contributed by atoms with Crippen LogP contribution < -0.4 is 10.6 Å². The van der Waals surface area contributed by atoms with E-state index in [0.717, 1.165) is 26.2 Å². The van der Waals surface area contributed by atoms with E-state index in [-0.39, 0.29) is 24.9 Å². The fourth-order valence-electron chi connectivity index (χ4n) is 1.81. The van der Waals surface area contributed by atoms with E-state index in [1.54, 1.807) is 7.11 Å². The van der Waals surface area contributed by atoms with Gasteiger partial charge in [0.2, 0.25) is 11.8 Å². The molecule has 2 amide bonds. The molecule has 110 valence electrons. The Kier molecular flexibility index (Phi) is 7.39. The zero-order valence-electron chi connectivity index (χ0n) is 11.8. The van der Waals surface area contributed by atoms with Crippen LogP contribution in [-0.2, 0) is 14.3 Å². The van der Waals surface area contributed by atoms with Gasteiger partial charge in [-0.15, -0.1) is 0 Å². The summed E-state index contributed by atoms with van der Waals surface area (Å²) in [7, 11) is 3.63. The van der Waals surface area contributed by atoms with E-state index >= 15 is 0 Å². The molecular weight excluding hydrogens is 248 g/mol. The van der Waals surface area contributed by atoms with Crippen molar-refractivity contribution in [2.24, 2.45) is 0 Å². The predicted octanol–water partition coefficient (Wildman–Crippen LogP) is -1.89. The summed E-state index contributed by atoms with van der Waals surface area (Å²) >= 11 is 0. The molecule has 0 saturated carbocycles. The largest absolute Gasteiger partial charge is 0.383 e. The molecule has 19 heavy (non-hydrogen) atoms. The molecule has 0 atom stereocenters. The number of hydrogen-bond acceptors (Lipinski definition) is 5. The van der Waals surface area contributed by atoms with Crippen LogP contribution in [0.15, 0.2) is 0 Å². The minimum atomic E-state index is -0.122. The second-order valence-corrected chi connectivity index (χ2v) is 4.63. The number of hydrogen-bond donors (Lipinski definition) is 2. The van der Waals surface area contributed by atoms with Crippen LogP contribution in [0.4, 0.5) is 0 Å². The number of piperazine rings is 1. The molecule has 2 N–H and O–H groups in total. The van der Waals surface area contributed by atoms with Gasteiger partial charge in [-0.2, -0.15) is 0 Å². The molecule has 0 unspecified atom stereocenters. The fraction of sp³-hybridized carbons (Fsp3) is 0.833. The van der Waals surface area contributed by atoms with E-state index in [0.29, 0.717) is 13.2 Å². The predicted molar refractivity (Wildman–Crippen MR) is 71.8 cm³/mol. The van der Waals surface area contributed by atoms with Crippen LogP contribution in [0.1, 0.15) is 0 Å². The summed E-state index contributed by atoms with van der Waals surface area (Å²) in [5.41, 5.74) is 0. The smallest absolute Gasteiger partial charge is 0.236 e. The number of nitrogens with zero attached hydrogens (tertiary/aromatic N) is 2. The minimum Gasteiger partial charge on any atom is -0.383 e. The third-order valence-electron chi connectivity index (χ3n) is 3.05. The summed E-state index contributed by atoms with van der Waals surface area (Å²) in [5.74, 6) is -0.0685. The Hall–Kier alpha value is -1.18. The number of methoxy groups -OCH3 is 1. The van der Waals surface area contributed by atoms with Gasteiger partial charge in [0.15, 0.2) is 0 Å². The Balaban J connectivity index is 2.08. The first kappa shape index (κ1) is 15.9. The van der Waals surface area contributed by atoms with E-state index in [2.05, 4.69) is 15.5 Å². The van der Waals surface area contributed by atoms with E-state index in [1.165, 1.54) is 0 Å². The number of ether oxygens (including phenoxy) is 1. The van der Waals surface area contributed by atoms with E-state index < -0.39 is 0 Å². The first-order valence-corrected chi connectivity index (χ1v) is 6.56. The van der Waals surface area contributed by atoms with Crippen LogP contribution in [0.3, 0.4) is 0 Å². The van der Waals surface area contributed by atoms with Crippen molar-refractivity contribution < 1.29 is 14.3 Å². The molecule has 0 aromatic rings. The molecule has 0 aliphatic carbocycles. The Morgan fingerprint density at radius 2 is 1.84 bits per heavy atom. The number of amides is 2. The standard InChI is InChI=1S/C12H24N4O3/c1-15-4-6-16(7-5-15)12(18)10-13-9-11(17)14-3-8-19-2/h13H,3-10H2,1-2H3,(H,14,17). The Labute approximate surface area is 114 Å². The van der Waals surface area contributed by atoms with Gasteiger partial charge in [-0.1, -0.05) is 0 Å². The van der Waals surface area contributed by atoms with Crippen LogP contribution in [0.25, 0.3) is 0 Å². The molecule has 0 spiro atoms. The third-order valence-corrected chi connectivity index (χ3v) is 3.05. The summed E-state index contributed by atoms with van der Waals surface area (Å²) in [6.45, 7) is 4.68. The van der Waals surface area contributed by atoms with Crippen molar-refractivity contribution >= 4 is 11.8 Å². The highest BCUT2D eigenvalue weighted by Crippen LogP contribution is 1.98. The molecular formula is C12H24N4O3. The maximum absolute atomic E-state index is 11.8. The summed E-state index contributed by atoms with van der Waals surface area (Å²) < 4.78 is 4.82. The van der Waals surface area contributed by atoms with Crippen molar-refractivity contribution in [2.45, 2.75) is 0 Å². The van der Waals surface area contributed by atoms with Crippen LogP contribution in [0.2, 0.25) is 0 Å². The molecule has 1 aliphatic heterocycles. The van der Waals surface area contributed by atoms with Crippen molar-refractivity contribution in [3.8, 4) is 0 Å². The molecule has 7 heteroatoms. The van der Waals surface area contributed by atoms with Gasteiger partial charge in [0.25, 0.3) is 0 Å². The average Bonchev–Trinajstić information content (AvgIpc) is 2.39. The maximum Gasteiger partial charge on any atom is 0.236 e. The lowest BCUT2D eigenvalue weighted by molar-refractivity contribution is -0.131. The quantitative estimate of drug-likeness (QED) is 0.530. The first-order valence-electron chi connectivity index (χ1n) is 6.56. The second kappa shape index (κ2) is 8.84. The molecule has 1 rings (SSSR count). The van der Waals surface area contributed by atoms with Gasteiger partial charge in [0.05, 0.1) is 19.7 Å². The Morgan fingerprint density at radius 1 is 1.16 bits per heavy atom. The Bertz CT molecular complexity index is 291. The maximum atomic E-state index is 11.8. The van der Waals surface area contributed by atoms with Crippen LogP contribution in [0, 0.1) is 0 Å². The summed E-state index contributed by atoms with van der Waals surface area (Å²) in [5, 5.41) is 5.55. The summed E-state index contributed by atoms with van der Waals surface area (Å²) in [4.78, 5) is 27.2. The van der Waals surface area contributed by atoms with Crippen LogP contribution >= 0.6 is 0 Å². The van der Waals surface area contributed by atoms with Crippen molar-refractivity contribution in [1.82, 2.24) is 20.4 Å². The van der Waals surface area contributed by atoms with Crippen LogP contribution in [-0.4, -0.2) is 88.2 Å². The molecule has 1 aliphatic rings. The monoisotopic (exact) mass is 272 g/mol. The molecule has 0 aromatic carbocycles. The highest BCUT2D eigenvalue weighted by Gasteiger charge is 2.18. The average molecular weight is 272 g/mol. The molecule has 0 bridgehead atoms. The lowest BCUT2D eigenvalue weighted by atomic mass is 10.3. The van der Waals surface area contributed by atoms with Gasteiger partial charge < -0.3 is 19.9 Å². The van der Waals surface area contributed by atoms with Crippen molar-refractivity contribution in [2.75, 3.05) is 66.6 Å². The number of nitrogens with one attached hydrogen (secondary N) is 2. The number of rotatable bonds is 7. The van der Waals surface area contributed by atoms with Gasteiger partial charge in [-0.3, -0.25) is 14.9 Å². The third kappa shape index (κ3) is 6.51. The van der Waals surface area contributed by atoms with Crippen molar-refractivity contribution in [1.29, 1.82) is 0 Å². The summed E-state index contributed by atoms with van der Waals surface area (Å²) in [6.07, 6.45) is 0. The molecule has 1 fully saturated rings. The lowest BCUT2D eigenvalue weighted by Crippen LogP contribution is -2.50. The minimum absolute atomic E-state index is 0.0535. The zero-order chi connectivity index (χ0) is 14.1. The normalized spacial score (nSPS) is 16.4. The number of carbonyl (C=O) groups excluding carboxylic acids is 2. The second-order valence-electron chi connectivity index (χ2n) is 4.63. The number of carbonyl (C=O) groups is 2. The van der Waals surface area contributed by atoms with Crippen molar-refractivity contribution in [3.63, 3.8) is 0 Å². The van der Waals surface area contributed by atoms with Gasteiger partial charge in [0, 0.05) is 39.8 Å². The highest BCUT2D eigenvalue weighted by atomic mass is 16.5. The molecule has 1 saturated heterocycles. The van der Waals surface area contributed by atoms with Crippen molar-refractivity contribution in [3.05, 3.63) is 0 Å².